The highest BCUT2D eigenvalue weighted by molar-refractivity contribution is 7.98. The predicted octanol–water partition coefficient (Wildman–Crippen LogP) is 3.35. The molecule has 6 heteroatoms. The summed E-state index contributed by atoms with van der Waals surface area (Å²) in [6.45, 7) is 7.22. The number of amides is 2. The molecule has 0 fully saturated rings. The van der Waals surface area contributed by atoms with Crippen molar-refractivity contribution < 1.29 is 14.3 Å². The molecule has 1 heterocycles. The summed E-state index contributed by atoms with van der Waals surface area (Å²) in [5, 5.41) is 5.82. The largest absolute Gasteiger partial charge is 0.486 e. The highest BCUT2D eigenvalue weighted by Gasteiger charge is 2.18. The zero-order valence-electron chi connectivity index (χ0n) is 12.9. The molecule has 0 aromatic heterocycles. The molecule has 0 saturated carbocycles. The first kappa shape index (κ1) is 15.8. The Morgan fingerprint density at radius 2 is 1.81 bits per heavy atom. The van der Waals surface area contributed by atoms with Crippen LogP contribution in [0.25, 0.3) is 0 Å². The Labute approximate surface area is 129 Å². The van der Waals surface area contributed by atoms with Gasteiger partial charge in [0.25, 0.3) is 0 Å². The monoisotopic (exact) mass is 310 g/mol. The summed E-state index contributed by atoms with van der Waals surface area (Å²) >= 11 is 1.56. The molecule has 1 aromatic rings. The molecule has 2 amide bonds. The van der Waals surface area contributed by atoms with Gasteiger partial charge in [0.2, 0.25) is 0 Å². The fourth-order valence-electron chi connectivity index (χ4n) is 1.87. The lowest BCUT2D eigenvalue weighted by atomic mass is 10.1. The molecule has 2 N–H and O–H groups in total. The van der Waals surface area contributed by atoms with Crippen LogP contribution in [0.2, 0.25) is 0 Å². The van der Waals surface area contributed by atoms with E-state index in [0.29, 0.717) is 24.9 Å². The standard InChI is InChI=1S/C15H22N2O3S/c1-9(2)10(3)16-15(18)17-11-7-12-13(8-14(11)21-4)20-6-5-19-12/h7-10H,5-6H2,1-4H3,(H2,16,17,18). The Hall–Kier alpha value is -1.56. The van der Waals surface area contributed by atoms with Gasteiger partial charge in [0.05, 0.1) is 5.69 Å². The van der Waals surface area contributed by atoms with Gasteiger partial charge in [-0.15, -0.1) is 11.8 Å². The number of thioether (sulfide) groups is 1. The molecule has 2 rings (SSSR count). The van der Waals surface area contributed by atoms with Crippen molar-refractivity contribution in [3.63, 3.8) is 0 Å². The van der Waals surface area contributed by atoms with Gasteiger partial charge in [0, 0.05) is 17.0 Å². The highest BCUT2D eigenvalue weighted by atomic mass is 32.2. The van der Waals surface area contributed by atoms with Gasteiger partial charge >= 0.3 is 6.03 Å². The number of hydrogen-bond acceptors (Lipinski definition) is 4. The Bertz CT molecular complexity index is 520. The van der Waals surface area contributed by atoms with Gasteiger partial charge in [0.15, 0.2) is 11.5 Å². The molecule has 116 valence electrons. The number of fused-ring (bicyclic) bond motifs is 1. The van der Waals surface area contributed by atoms with Gasteiger partial charge in [0.1, 0.15) is 13.2 Å². The molecule has 1 aliphatic heterocycles. The summed E-state index contributed by atoms with van der Waals surface area (Å²) in [4.78, 5) is 13.0. The third kappa shape index (κ3) is 3.97. The van der Waals surface area contributed by atoms with E-state index in [9.17, 15) is 4.79 Å². The Morgan fingerprint density at radius 3 is 2.38 bits per heavy atom. The molecule has 5 nitrogen and oxygen atoms in total. The predicted molar refractivity (Wildman–Crippen MR) is 85.7 cm³/mol. The fraction of sp³-hybridized carbons (Fsp3) is 0.533. The van der Waals surface area contributed by atoms with E-state index in [4.69, 9.17) is 9.47 Å². The molecule has 0 spiro atoms. The second-order valence-corrected chi connectivity index (χ2v) is 6.18. The van der Waals surface area contributed by atoms with Crippen molar-refractivity contribution in [3.8, 4) is 11.5 Å². The topological polar surface area (TPSA) is 59.6 Å². The summed E-state index contributed by atoms with van der Waals surface area (Å²) in [7, 11) is 0. The molecule has 1 unspecified atom stereocenters. The quantitative estimate of drug-likeness (QED) is 0.837. The SMILES string of the molecule is CSc1cc2c(cc1NC(=O)NC(C)C(C)C)OCCO2. The summed E-state index contributed by atoms with van der Waals surface area (Å²) in [5.74, 6) is 1.79. The molecular weight excluding hydrogens is 288 g/mol. The number of hydrogen-bond donors (Lipinski definition) is 2. The molecular formula is C15H22N2O3S. The number of urea groups is 1. The van der Waals surface area contributed by atoms with Gasteiger partial charge in [-0.25, -0.2) is 4.79 Å². The van der Waals surface area contributed by atoms with E-state index in [-0.39, 0.29) is 12.1 Å². The molecule has 0 bridgehead atoms. The van der Waals surface area contributed by atoms with Crippen molar-refractivity contribution in [3.05, 3.63) is 12.1 Å². The maximum atomic E-state index is 12.1. The van der Waals surface area contributed by atoms with E-state index in [2.05, 4.69) is 24.5 Å². The zero-order chi connectivity index (χ0) is 15.4. The average Bonchev–Trinajstić information content (AvgIpc) is 2.46. The number of benzene rings is 1. The lowest BCUT2D eigenvalue weighted by Crippen LogP contribution is -2.39. The van der Waals surface area contributed by atoms with Crippen LogP contribution >= 0.6 is 11.8 Å². The van der Waals surface area contributed by atoms with E-state index in [1.54, 1.807) is 11.8 Å². The van der Waals surface area contributed by atoms with Crippen LogP contribution in [0, 0.1) is 5.92 Å². The van der Waals surface area contributed by atoms with Gasteiger partial charge < -0.3 is 20.1 Å². The maximum absolute atomic E-state index is 12.1. The van der Waals surface area contributed by atoms with Crippen LogP contribution in [0.3, 0.4) is 0 Å². The second kappa shape index (κ2) is 6.93. The zero-order valence-corrected chi connectivity index (χ0v) is 13.7. The van der Waals surface area contributed by atoms with Crippen molar-refractivity contribution in [1.82, 2.24) is 5.32 Å². The normalized spacial score (nSPS) is 14.7. The second-order valence-electron chi connectivity index (χ2n) is 5.33. The van der Waals surface area contributed by atoms with Crippen molar-refractivity contribution in [2.24, 2.45) is 5.92 Å². The number of carbonyl (C=O) groups excluding carboxylic acids is 1. The third-order valence-electron chi connectivity index (χ3n) is 3.47. The minimum Gasteiger partial charge on any atom is -0.486 e. The van der Waals surface area contributed by atoms with Crippen LogP contribution in [-0.4, -0.2) is 31.5 Å². The third-order valence-corrected chi connectivity index (χ3v) is 4.25. The smallest absolute Gasteiger partial charge is 0.319 e. The summed E-state index contributed by atoms with van der Waals surface area (Å²) < 4.78 is 11.1. The summed E-state index contributed by atoms with van der Waals surface area (Å²) in [6.07, 6.45) is 1.96. The number of nitrogens with one attached hydrogen (secondary N) is 2. The van der Waals surface area contributed by atoms with Crippen LogP contribution < -0.4 is 20.1 Å². The van der Waals surface area contributed by atoms with Crippen molar-refractivity contribution in [2.75, 3.05) is 24.8 Å². The number of ether oxygens (including phenoxy) is 2. The van der Waals surface area contributed by atoms with Gasteiger partial charge in [-0.1, -0.05) is 13.8 Å². The van der Waals surface area contributed by atoms with E-state index >= 15 is 0 Å². The van der Waals surface area contributed by atoms with Gasteiger partial charge in [-0.3, -0.25) is 0 Å². The Balaban J connectivity index is 2.13. The first-order valence-corrected chi connectivity index (χ1v) is 8.29. The molecule has 1 aliphatic rings. The highest BCUT2D eigenvalue weighted by Crippen LogP contribution is 2.39. The number of rotatable bonds is 4. The molecule has 0 radical (unpaired) electrons. The van der Waals surface area contributed by atoms with Crippen molar-refractivity contribution >= 4 is 23.5 Å². The van der Waals surface area contributed by atoms with Crippen LogP contribution in [0.4, 0.5) is 10.5 Å². The van der Waals surface area contributed by atoms with Crippen LogP contribution in [0.5, 0.6) is 11.5 Å². The first-order valence-electron chi connectivity index (χ1n) is 7.06. The molecule has 1 atom stereocenters. The Morgan fingerprint density at radius 1 is 1.19 bits per heavy atom. The summed E-state index contributed by atoms with van der Waals surface area (Å²) in [6, 6.07) is 3.63. The lowest BCUT2D eigenvalue weighted by molar-refractivity contribution is 0.171. The van der Waals surface area contributed by atoms with Crippen molar-refractivity contribution in [1.29, 1.82) is 0 Å². The van der Waals surface area contributed by atoms with Gasteiger partial charge in [-0.2, -0.15) is 0 Å². The lowest BCUT2D eigenvalue weighted by Gasteiger charge is -2.22. The minimum atomic E-state index is -0.205. The number of anilines is 1. The number of carbonyl (C=O) groups is 1. The van der Waals surface area contributed by atoms with Crippen LogP contribution in [-0.2, 0) is 0 Å². The van der Waals surface area contributed by atoms with Gasteiger partial charge in [-0.05, 0) is 25.2 Å². The van der Waals surface area contributed by atoms with E-state index in [1.165, 1.54) is 0 Å². The Kier molecular flexibility index (Phi) is 5.22. The van der Waals surface area contributed by atoms with Crippen molar-refractivity contribution in [2.45, 2.75) is 31.7 Å². The van der Waals surface area contributed by atoms with Crippen LogP contribution in [0.1, 0.15) is 20.8 Å². The first-order chi connectivity index (χ1) is 10.0. The fourth-order valence-corrected chi connectivity index (χ4v) is 2.42. The van der Waals surface area contributed by atoms with Crippen LogP contribution in [0.15, 0.2) is 17.0 Å². The molecule has 0 saturated heterocycles. The molecule has 0 aliphatic carbocycles. The van der Waals surface area contributed by atoms with E-state index < -0.39 is 0 Å². The maximum Gasteiger partial charge on any atom is 0.319 e. The molecule has 21 heavy (non-hydrogen) atoms. The molecule has 1 aromatic carbocycles. The summed E-state index contributed by atoms with van der Waals surface area (Å²) in [5.41, 5.74) is 0.736. The minimum absolute atomic E-state index is 0.111. The van der Waals surface area contributed by atoms with E-state index in [1.807, 2.05) is 25.3 Å². The average molecular weight is 310 g/mol. The van der Waals surface area contributed by atoms with E-state index in [0.717, 1.165) is 16.3 Å².